The zero-order valence-corrected chi connectivity index (χ0v) is 21.6. The standard InChI is InChI=1S/C28H32F2N4O4/c1-3-34-23(18-32-13-6-14-33(16-15-32)26(35)20-7-5-8-22(30)17-20)24(27(36)38-4-2)25(31-28(34)37)19-9-11-21(29)12-10-19/h5,7-12,17,25H,3-4,6,13-16,18H2,1-2H3,(H,31,37). The number of urea groups is 1. The van der Waals surface area contributed by atoms with Crippen molar-refractivity contribution in [2.75, 3.05) is 45.9 Å². The van der Waals surface area contributed by atoms with E-state index in [0.29, 0.717) is 61.5 Å². The maximum atomic E-state index is 13.7. The lowest BCUT2D eigenvalue weighted by atomic mass is 9.94. The van der Waals surface area contributed by atoms with Crippen molar-refractivity contribution < 1.29 is 27.9 Å². The second-order valence-corrected chi connectivity index (χ2v) is 9.19. The van der Waals surface area contributed by atoms with Crippen molar-refractivity contribution in [2.24, 2.45) is 0 Å². The van der Waals surface area contributed by atoms with Gasteiger partial charge in [-0.3, -0.25) is 14.6 Å². The molecule has 0 radical (unpaired) electrons. The summed E-state index contributed by atoms with van der Waals surface area (Å²) >= 11 is 0. The summed E-state index contributed by atoms with van der Waals surface area (Å²) in [4.78, 5) is 44.6. The van der Waals surface area contributed by atoms with Gasteiger partial charge in [-0.15, -0.1) is 0 Å². The van der Waals surface area contributed by atoms with Crippen molar-refractivity contribution in [3.05, 3.63) is 82.6 Å². The summed E-state index contributed by atoms with van der Waals surface area (Å²) in [7, 11) is 0. The van der Waals surface area contributed by atoms with E-state index in [1.807, 2.05) is 6.92 Å². The van der Waals surface area contributed by atoms with Crippen LogP contribution in [0.5, 0.6) is 0 Å². The lowest BCUT2D eigenvalue weighted by Crippen LogP contribution is -2.51. The van der Waals surface area contributed by atoms with E-state index in [-0.39, 0.29) is 25.1 Å². The zero-order chi connectivity index (χ0) is 27.2. The molecule has 1 saturated heterocycles. The van der Waals surface area contributed by atoms with Gasteiger partial charge in [-0.2, -0.15) is 0 Å². The molecule has 1 N–H and O–H groups in total. The van der Waals surface area contributed by atoms with Crippen LogP contribution in [0.3, 0.4) is 0 Å². The van der Waals surface area contributed by atoms with Gasteiger partial charge in [0.25, 0.3) is 5.91 Å². The van der Waals surface area contributed by atoms with Crippen molar-refractivity contribution in [1.82, 2.24) is 20.0 Å². The van der Waals surface area contributed by atoms with Crippen LogP contribution in [0.15, 0.2) is 59.8 Å². The number of nitrogens with one attached hydrogen (secondary N) is 1. The molecule has 10 heteroatoms. The number of carbonyl (C=O) groups excluding carboxylic acids is 3. The molecule has 1 atom stereocenters. The Labute approximate surface area is 220 Å². The van der Waals surface area contributed by atoms with Crippen LogP contribution < -0.4 is 5.32 Å². The molecule has 202 valence electrons. The second-order valence-electron chi connectivity index (χ2n) is 9.19. The van der Waals surface area contributed by atoms with Gasteiger partial charge >= 0.3 is 12.0 Å². The van der Waals surface area contributed by atoms with Crippen LogP contribution >= 0.6 is 0 Å². The number of benzene rings is 2. The Morgan fingerprint density at radius 2 is 1.76 bits per heavy atom. The molecule has 2 aliphatic rings. The van der Waals surface area contributed by atoms with Crippen LogP contribution in [0.25, 0.3) is 0 Å². The Morgan fingerprint density at radius 3 is 2.45 bits per heavy atom. The van der Waals surface area contributed by atoms with E-state index in [4.69, 9.17) is 4.74 Å². The molecule has 1 unspecified atom stereocenters. The predicted molar refractivity (Wildman–Crippen MR) is 137 cm³/mol. The highest BCUT2D eigenvalue weighted by Crippen LogP contribution is 2.32. The Kier molecular flexibility index (Phi) is 8.73. The van der Waals surface area contributed by atoms with Gasteiger partial charge < -0.3 is 15.0 Å². The third kappa shape index (κ3) is 6.02. The molecule has 8 nitrogen and oxygen atoms in total. The highest BCUT2D eigenvalue weighted by molar-refractivity contribution is 5.95. The summed E-state index contributed by atoms with van der Waals surface area (Å²) in [6.07, 6.45) is 0.669. The van der Waals surface area contributed by atoms with Crippen LogP contribution in [0, 0.1) is 11.6 Å². The molecular weight excluding hydrogens is 494 g/mol. The molecule has 0 saturated carbocycles. The SMILES string of the molecule is CCOC(=O)C1=C(CN2CCCN(C(=O)c3cccc(F)c3)CC2)N(CC)C(=O)NC1c1ccc(F)cc1. The number of likely N-dealkylation sites (N-methyl/N-ethyl adjacent to an activating group) is 1. The molecule has 2 aromatic rings. The summed E-state index contributed by atoms with van der Waals surface area (Å²) in [5.41, 5.74) is 1.69. The zero-order valence-electron chi connectivity index (χ0n) is 21.6. The minimum Gasteiger partial charge on any atom is -0.463 e. The second kappa shape index (κ2) is 12.2. The lowest BCUT2D eigenvalue weighted by Gasteiger charge is -2.38. The summed E-state index contributed by atoms with van der Waals surface area (Å²) in [5.74, 6) is -1.67. The van der Waals surface area contributed by atoms with Gasteiger partial charge in [0, 0.05) is 50.5 Å². The number of hydrogen-bond acceptors (Lipinski definition) is 5. The van der Waals surface area contributed by atoms with Gasteiger partial charge in [-0.05, 0) is 56.2 Å². The van der Waals surface area contributed by atoms with E-state index in [1.54, 1.807) is 30.0 Å². The van der Waals surface area contributed by atoms with Crippen LogP contribution in [-0.4, -0.2) is 78.5 Å². The number of nitrogens with zero attached hydrogens (tertiary/aromatic N) is 3. The van der Waals surface area contributed by atoms with E-state index in [2.05, 4.69) is 10.2 Å². The van der Waals surface area contributed by atoms with Crippen molar-refractivity contribution in [2.45, 2.75) is 26.3 Å². The first-order valence-corrected chi connectivity index (χ1v) is 12.8. The van der Waals surface area contributed by atoms with Crippen LogP contribution in [0.2, 0.25) is 0 Å². The van der Waals surface area contributed by atoms with Crippen LogP contribution in [0.4, 0.5) is 13.6 Å². The minimum atomic E-state index is -0.794. The first-order valence-electron chi connectivity index (χ1n) is 12.8. The van der Waals surface area contributed by atoms with E-state index in [0.717, 1.165) is 0 Å². The molecule has 3 amide bonds. The van der Waals surface area contributed by atoms with Gasteiger partial charge in [0.2, 0.25) is 0 Å². The highest BCUT2D eigenvalue weighted by Gasteiger charge is 2.38. The topological polar surface area (TPSA) is 82.2 Å². The molecule has 0 aliphatic carbocycles. The molecule has 0 bridgehead atoms. The van der Waals surface area contributed by atoms with E-state index < -0.39 is 23.6 Å². The fraction of sp³-hybridized carbons (Fsp3) is 0.393. The molecule has 0 spiro atoms. The van der Waals surface area contributed by atoms with Crippen LogP contribution in [0.1, 0.15) is 42.2 Å². The van der Waals surface area contributed by atoms with Crippen molar-refractivity contribution in [3.63, 3.8) is 0 Å². The molecule has 2 aromatic carbocycles. The molecule has 38 heavy (non-hydrogen) atoms. The fourth-order valence-electron chi connectivity index (χ4n) is 4.91. The Balaban J connectivity index is 1.61. The molecule has 1 fully saturated rings. The minimum absolute atomic E-state index is 0.159. The lowest BCUT2D eigenvalue weighted by molar-refractivity contribution is -0.139. The van der Waals surface area contributed by atoms with Gasteiger partial charge in [0.15, 0.2) is 0 Å². The summed E-state index contributed by atoms with van der Waals surface area (Å²) in [6.45, 7) is 6.36. The normalized spacial score (nSPS) is 18.7. The van der Waals surface area contributed by atoms with E-state index >= 15 is 0 Å². The third-order valence-electron chi connectivity index (χ3n) is 6.77. The van der Waals surface area contributed by atoms with Gasteiger partial charge in [-0.25, -0.2) is 18.4 Å². The number of hydrogen-bond donors (Lipinski definition) is 1. The van der Waals surface area contributed by atoms with Crippen molar-refractivity contribution >= 4 is 17.9 Å². The number of amides is 3. The summed E-state index contributed by atoms with van der Waals surface area (Å²) in [5, 5.41) is 2.87. The van der Waals surface area contributed by atoms with Crippen molar-refractivity contribution in [3.8, 4) is 0 Å². The quantitative estimate of drug-likeness (QED) is 0.557. The van der Waals surface area contributed by atoms with Crippen molar-refractivity contribution in [1.29, 1.82) is 0 Å². The molecule has 4 rings (SSSR count). The highest BCUT2D eigenvalue weighted by atomic mass is 19.1. The smallest absolute Gasteiger partial charge is 0.338 e. The average molecular weight is 527 g/mol. The van der Waals surface area contributed by atoms with Gasteiger partial charge in [0.1, 0.15) is 11.6 Å². The summed E-state index contributed by atoms with van der Waals surface area (Å²) < 4.78 is 32.6. The van der Waals surface area contributed by atoms with Crippen LogP contribution in [-0.2, 0) is 9.53 Å². The van der Waals surface area contributed by atoms with Gasteiger partial charge in [0.05, 0.1) is 18.2 Å². The summed E-state index contributed by atoms with van der Waals surface area (Å²) in [6, 6.07) is 10.2. The maximum absolute atomic E-state index is 13.7. The molecule has 2 heterocycles. The van der Waals surface area contributed by atoms with E-state index in [1.165, 1.54) is 35.2 Å². The Hall–Kier alpha value is -3.79. The predicted octanol–water partition coefficient (Wildman–Crippen LogP) is 3.72. The molecular formula is C28H32F2N4O4. The van der Waals surface area contributed by atoms with Gasteiger partial charge in [-0.1, -0.05) is 18.2 Å². The Morgan fingerprint density at radius 1 is 1.00 bits per heavy atom. The largest absolute Gasteiger partial charge is 0.463 e. The molecule has 0 aromatic heterocycles. The van der Waals surface area contributed by atoms with E-state index in [9.17, 15) is 23.2 Å². The first-order chi connectivity index (χ1) is 18.3. The molecule has 2 aliphatic heterocycles. The number of ether oxygens (including phenoxy) is 1. The number of halogens is 2. The number of esters is 1. The average Bonchev–Trinajstić information content (AvgIpc) is 3.14. The number of carbonyl (C=O) groups is 3. The number of rotatable bonds is 7. The Bertz CT molecular complexity index is 1220. The first kappa shape index (κ1) is 27.3. The maximum Gasteiger partial charge on any atom is 0.338 e. The third-order valence-corrected chi connectivity index (χ3v) is 6.77. The monoisotopic (exact) mass is 526 g/mol. The fourth-order valence-corrected chi connectivity index (χ4v) is 4.91.